The SMILES string of the molecule is CCC1CC2C(C)OS(=O)(=O)C2(C)C1. The van der Waals surface area contributed by atoms with Crippen LogP contribution in [0.15, 0.2) is 0 Å². The Morgan fingerprint density at radius 1 is 1.50 bits per heavy atom. The minimum absolute atomic E-state index is 0.124. The third-order valence-electron chi connectivity index (χ3n) is 4.06. The van der Waals surface area contributed by atoms with Gasteiger partial charge in [-0.2, -0.15) is 8.42 Å². The molecular formula is C10H18O3S. The highest BCUT2D eigenvalue weighted by Gasteiger charge is 2.60. The quantitative estimate of drug-likeness (QED) is 0.632. The summed E-state index contributed by atoms with van der Waals surface area (Å²) in [5.41, 5.74) is 0. The van der Waals surface area contributed by atoms with Gasteiger partial charge in [0.1, 0.15) is 4.75 Å². The van der Waals surface area contributed by atoms with Gasteiger partial charge in [-0.3, -0.25) is 4.18 Å². The van der Waals surface area contributed by atoms with Gasteiger partial charge in [0.2, 0.25) is 0 Å². The van der Waals surface area contributed by atoms with Crippen LogP contribution in [0, 0.1) is 11.8 Å². The molecule has 0 amide bonds. The average Bonchev–Trinajstić information content (AvgIpc) is 2.49. The molecule has 0 aromatic rings. The van der Waals surface area contributed by atoms with Crippen molar-refractivity contribution in [1.82, 2.24) is 0 Å². The zero-order valence-corrected chi connectivity index (χ0v) is 9.80. The monoisotopic (exact) mass is 218 g/mol. The third-order valence-corrected chi connectivity index (χ3v) is 6.23. The summed E-state index contributed by atoms with van der Waals surface area (Å²) >= 11 is 0. The Bertz CT molecular complexity index is 335. The van der Waals surface area contributed by atoms with Gasteiger partial charge >= 0.3 is 0 Å². The van der Waals surface area contributed by atoms with Crippen LogP contribution in [-0.4, -0.2) is 19.3 Å². The molecule has 4 atom stereocenters. The Balaban J connectivity index is 2.37. The van der Waals surface area contributed by atoms with E-state index in [0.717, 1.165) is 19.3 Å². The standard InChI is InChI=1S/C10H18O3S/c1-4-8-5-9-7(2)13-14(11,12)10(9,3)6-8/h7-9H,4-6H2,1-3H3. The second-order valence-electron chi connectivity index (χ2n) is 4.89. The van der Waals surface area contributed by atoms with Crippen LogP contribution in [0.5, 0.6) is 0 Å². The topological polar surface area (TPSA) is 43.4 Å². The first-order valence-electron chi connectivity index (χ1n) is 5.33. The van der Waals surface area contributed by atoms with Gasteiger partial charge in [-0.05, 0) is 32.6 Å². The van der Waals surface area contributed by atoms with Gasteiger partial charge in [0, 0.05) is 5.92 Å². The van der Waals surface area contributed by atoms with Crippen molar-refractivity contribution < 1.29 is 12.6 Å². The van der Waals surface area contributed by atoms with Gasteiger partial charge in [-0.25, -0.2) is 0 Å². The maximum Gasteiger partial charge on any atom is 0.273 e. The zero-order chi connectivity index (χ0) is 10.6. The first-order valence-corrected chi connectivity index (χ1v) is 6.74. The normalized spacial score (nSPS) is 50.6. The summed E-state index contributed by atoms with van der Waals surface area (Å²) in [6.45, 7) is 5.87. The number of rotatable bonds is 1. The van der Waals surface area contributed by atoms with Crippen LogP contribution in [0.2, 0.25) is 0 Å². The van der Waals surface area contributed by atoms with Crippen molar-refractivity contribution in [3.05, 3.63) is 0 Å². The van der Waals surface area contributed by atoms with Crippen LogP contribution in [-0.2, 0) is 14.3 Å². The third kappa shape index (κ3) is 1.16. The highest BCUT2D eigenvalue weighted by molar-refractivity contribution is 7.88. The lowest BCUT2D eigenvalue weighted by molar-refractivity contribution is 0.194. The molecule has 2 rings (SSSR count). The summed E-state index contributed by atoms with van der Waals surface area (Å²) in [6.07, 6.45) is 2.74. The molecule has 0 N–H and O–H groups in total. The fraction of sp³-hybridized carbons (Fsp3) is 1.00. The van der Waals surface area contributed by atoms with Gasteiger partial charge < -0.3 is 0 Å². The lowest BCUT2D eigenvalue weighted by Crippen LogP contribution is -2.33. The summed E-state index contributed by atoms with van der Waals surface area (Å²) in [7, 11) is -3.32. The van der Waals surface area contributed by atoms with Crippen LogP contribution >= 0.6 is 0 Å². The predicted octanol–water partition coefficient (Wildman–Crippen LogP) is 1.93. The van der Waals surface area contributed by atoms with E-state index in [2.05, 4.69) is 6.92 Å². The molecule has 82 valence electrons. The Morgan fingerprint density at radius 3 is 2.64 bits per heavy atom. The number of hydrogen-bond donors (Lipinski definition) is 0. The van der Waals surface area contributed by atoms with Crippen molar-refractivity contribution in [2.75, 3.05) is 0 Å². The molecule has 3 nitrogen and oxygen atoms in total. The molecule has 14 heavy (non-hydrogen) atoms. The van der Waals surface area contributed by atoms with Crippen molar-refractivity contribution in [1.29, 1.82) is 0 Å². The Kier molecular flexibility index (Phi) is 2.20. The number of fused-ring (bicyclic) bond motifs is 1. The molecule has 2 fully saturated rings. The van der Waals surface area contributed by atoms with E-state index in [1.807, 2.05) is 13.8 Å². The molecule has 1 aliphatic carbocycles. The maximum absolute atomic E-state index is 11.8. The predicted molar refractivity (Wildman–Crippen MR) is 54.4 cm³/mol. The van der Waals surface area contributed by atoms with E-state index >= 15 is 0 Å². The van der Waals surface area contributed by atoms with E-state index < -0.39 is 14.9 Å². The smallest absolute Gasteiger partial charge is 0.266 e. The Morgan fingerprint density at radius 2 is 2.14 bits per heavy atom. The lowest BCUT2D eigenvalue weighted by atomic mass is 9.92. The molecule has 1 saturated carbocycles. The summed E-state index contributed by atoms with van der Waals surface area (Å²) in [6, 6.07) is 0. The van der Waals surface area contributed by atoms with Crippen molar-refractivity contribution in [3.8, 4) is 0 Å². The molecule has 1 heterocycles. The van der Waals surface area contributed by atoms with Crippen LogP contribution in [0.25, 0.3) is 0 Å². The molecule has 1 saturated heterocycles. The van der Waals surface area contributed by atoms with E-state index in [4.69, 9.17) is 4.18 Å². The molecule has 0 aromatic heterocycles. The highest BCUT2D eigenvalue weighted by Crippen LogP contribution is 2.53. The second-order valence-corrected chi connectivity index (χ2v) is 6.92. The molecule has 0 radical (unpaired) electrons. The van der Waals surface area contributed by atoms with Crippen LogP contribution < -0.4 is 0 Å². The molecule has 2 aliphatic rings. The maximum atomic E-state index is 11.8. The second kappa shape index (κ2) is 2.95. The fourth-order valence-corrected chi connectivity index (χ4v) is 4.93. The highest BCUT2D eigenvalue weighted by atomic mass is 32.2. The van der Waals surface area contributed by atoms with Gasteiger partial charge in [0.05, 0.1) is 6.10 Å². The van der Waals surface area contributed by atoms with Gasteiger partial charge in [0.25, 0.3) is 10.1 Å². The van der Waals surface area contributed by atoms with Crippen molar-refractivity contribution in [2.45, 2.75) is 50.9 Å². The molecule has 1 aliphatic heterocycles. The van der Waals surface area contributed by atoms with Crippen LogP contribution in [0.3, 0.4) is 0 Å². The zero-order valence-electron chi connectivity index (χ0n) is 8.99. The van der Waals surface area contributed by atoms with Gasteiger partial charge in [-0.15, -0.1) is 0 Å². The van der Waals surface area contributed by atoms with Crippen molar-refractivity contribution in [3.63, 3.8) is 0 Å². The molecule has 4 heteroatoms. The molecular weight excluding hydrogens is 200 g/mol. The number of hydrogen-bond acceptors (Lipinski definition) is 3. The molecule has 0 spiro atoms. The average molecular weight is 218 g/mol. The van der Waals surface area contributed by atoms with E-state index in [0.29, 0.717) is 5.92 Å². The minimum Gasteiger partial charge on any atom is -0.266 e. The van der Waals surface area contributed by atoms with Crippen molar-refractivity contribution >= 4 is 10.1 Å². The van der Waals surface area contributed by atoms with E-state index in [1.54, 1.807) is 0 Å². The lowest BCUT2D eigenvalue weighted by Gasteiger charge is -2.20. The summed E-state index contributed by atoms with van der Waals surface area (Å²) < 4.78 is 28.1. The molecule has 0 aromatic carbocycles. The minimum atomic E-state index is -3.32. The van der Waals surface area contributed by atoms with E-state index in [1.165, 1.54) is 0 Å². The summed E-state index contributed by atoms with van der Waals surface area (Å²) in [5, 5.41) is 0. The molecule has 0 bridgehead atoms. The first kappa shape index (κ1) is 10.4. The van der Waals surface area contributed by atoms with E-state index in [9.17, 15) is 8.42 Å². The largest absolute Gasteiger partial charge is 0.273 e. The van der Waals surface area contributed by atoms with Gasteiger partial charge in [-0.1, -0.05) is 13.3 Å². The summed E-state index contributed by atoms with van der Waals surface area (Å²) in [4.78, 5) is 0. The Hall–Kier alpha value is -0.0900. The van der Waals surface area contributed by atoms with Crippen LogP contribution in [0.4, 0.5) is 0 Å². The fourth-order valence-electron chi connectivity index (χ4n) is 3.08. The first-order chi connectivity index (χ1) is 6.40. The Labute approximate surface area is 86.0 Å². The van der Waals surface area contributed by atoms with E-state index in [-0.39, 0.29) is 12.0 Å². The van der Waals surface area contributed by atoms with Crippen LogP contribution in [0.1, 0.15) is 40.0 Å². The summed E-state index contributed by atoms with van der Waals surface area (Å²) in [5.74, 6) is 0.767. The van der Waals surface area contributed by atoms with Crippen molar-refractivity contribution in [2.24, 2.45) is 11.8 Å². The molecule has 4 unspecified atom stereocenters. The van der Waals surface area contributed by atoms with Gasteiger partial charge in [0.15, 0.2) is 0 Å².